The lowest BCUT2D eigenvalue weighted by Gasteiger charge is -2.13. The van der Waals surface area contributed by atoms with Crippen LogP contribution in [0.3, 0.4) is 0 Å². The molecule has 0 saturated carbocycles. The average molecular weight is 553 g/mol. The van der Waals surface area contributed by atoms with E-state index in [0.717, 1.165) is 4.90 Å². The molecule has 0 aliphatic rings. The second-order valence-corrected chi connectivity index (χ2v) is 9.60. The van der Waals surface area contributed by atoms with Gasteiger partial charge in [-0.15, -0.1) is 11.8 Å². The van der Waals surface area contributed by atoms with Crippen LogP contribution in [0.4, 0.5) is 5.69 Å². The summed E-state index contributed by atoms with van der Waals surface area (Å²) in [6.45, 7) is 0. The summed E-state index contributed by atoms with van der Waals surface area (Å²) in [4.78, 5) is 39.5. The molecule has 4 rings (SSSR count). The molecule has 4 aromatic carbocycles. The van der Waals surface area contributed by atoms with Crippen molar-refractivity contribution in [1.29, 1.82) is 0 Å². The van der Waals surface area contributed by atoms with E-state index in [2.05, 4.69) is 10.6 Å². The summed E-state index contributed by atoms with van der Waals surface area (Å²) >= 11 is 1.42. The number of carbonyl (C=O) groups is 3. The normalized spacial score (nSPS) is 10.9. The zero-order valence-corrected chi connectivity index (χ0v) is 22.9. The minimum absolute atomic E-state index is 0.0436. The van der Waals surface area contributed by atoms with Crippen molar-refractivity contribution in [2.45, 2.75) is 4.90 Å². The van der Waals surface area contributed by atoms with Crippen LogP contribution in [0.1, 0.15) is 26.3 Å². The highest BCUT2D eigenvalue weighted by atomic mass is 32.2. The number of Topliss-reactive ketones (excluding diaryl/α,β-unsaturated/α-hetero) is 1. The highest BCUT2D eigenvalue weighted by Crippen LogP contribution is 2.28. The van der Waals surface area contributed by atoms with Crippen LogP contribution in [0.5, 0.6) is 11.5 Å². The first kappa shape index (κ1) is 28.2. The molecule has 7 nitrogen and oxygen atoms in total. The molecule has 0 spiro atoms. The predicted molar refractivity (Wildman–Crippen MR) is 158 cm³/mol. The minimum Gasteiger partial charge on any atom is -0.493 e. The summed E-state index contributed by atoms with van der Waals surface area (Å²) in [5.41, 5.74) is 2.31. The summed E-state index contributed by atoms with van der Waals surface area (Å²) in [6.07, 6.45) is 1.57. The number of rotatable bonds is 11. The summed E-state index contributed by atoms with van der Waals surface area (Å²) in [7, 11) is 3.06. The molecule has 0 fully saturated rings. The van der Waals surface area contributed by atoms with Gasteiger partial charge in [0.2, 0.25) is 0 Å². The Labute approximate surface area is 237 Å². The second kappa shape index (κ2) is 13.8. The fourth-order valence-electron chi connectivity index (χ4n) is 3.74. The number of ketones is 1. The van der Waals surface area contributed by atoms with Gasteiger partial charge in [-0.05, 0) is 60.2 Å². The van der Waals surface area contributed by atoms with Gasteiger partial charge in [0.15, 0.2) is 17.3 Å². The maximum atomic E-state index is 13.3. The third-order valence-corrected chi connectivity index (χ3v) is 6.84. The van der Waals surface area contributed by atoms with Crippen LogP contribution in [0.25, 0.3) is 6.08 Å². The highest BCUT2D eigenvalue weighted by molar-refractivity contribution is 8.00. The van der Waals surface area contributed by atoms with Crippen LogP contribution >= 0.6 is 11.8 Å². The van der Waals surface area contributed by atoms with E-state index < -0.39 is 11.8 Å². The standard InChI is InChI=1S/C32H28N2O5S/c1-38-29-18-13-22(20-30(29)39-2)19-27(34-31(36)24-11-7-4-8-12-24)32(37)33-25-14-16-26(17-15-25)40-21-28(35)23-9-5-3-6-10-23/h3-20H,21H2,1-2H3,(H,33,37)(H,34,36)/b27-19-. The topological polar surface area (TPSA) is 93.7 Å². The average Bonchev–Trinajstić information content (AvgIpc) is 3.00. The van der Waals surface area contributed by atoms with E-state index in [4.69, 9.17) is 9.47 Å². The third kappa shape index (κ3) is 7.61. The van der Waals surface area contributed by atoms with E-state index in [1.165, 1.54) is 26.0 Å². The van der Waals surface area contributed by atoms with Crippen molar-refractivity contribution in [3.63, 3.8) is 0 Å². The first-order chi connectivity index (χ1) is 19.5. The van der Waals surface area contributed by atoms with Crippen LogP contribution in [-0.4, -0.2) is 37.6 Å². The van der Waals surface area contributed by atoms with E-state index in [1.807, 2.05) is 36.4 Å². The van der Waals surface area contributed by atoms with Crippen molar-refractivity contribution in [1.82, 2.24) is 5.32 Å². The molecule has 0 saturated heterocycles. The van der Waals surface area contributed by atoms with Crippen molar-refractivity contribution in [2.75, 3.05) is 25.3 Å². The molecular formula is C32H28N2O5S. The van der Waals surface area contributed by atoms with Crippen LogP contribution in [0, 0.1) is 0 Å². The smallest absolute Gasteiger partial charge is 0.272 e. The van der Waals surface area contributed by atoms with Gasteiger partial charge in [-0.3, -0.25) is 14.4 Å². The first-order valence-electron chi connectivity index (χ1n) is 12.4. The van der Waals surface area contributed by atoms with Crippen LogP contribution in [-0.2, 0) is 4.79 Å². The highest BCUT2D eigenvalue weighted by Gasteiger charge is 2.16. The van der Waals surface area contributed by atoms with Gasteiger partial charge in [0.1, 0.15) is 5.70 Å². The van der Waals surface area contributed by atoms with Gasteiger partial charge in [0.05, 0.1) is 20.0 Å². The predicted octanol–water partition coefficient (Wildman–Crippen LogP) is 6.09. The first-order valence-corrected chi connectivity index (χ1v) is 13.4. The molecule has 0 bridgehead atoms. The fourth-order valence-corrected chi connectivity index (χ4v) is 4.53. The molecular weight excluding hydrogens is 524 g/mol. The summed E-state index contributed by atoms with van der Waals surface area (Å²) < 4.78 is 10.7. The van der Waals surface area contributed by atoms with Gasteiger partial charge < -0.3 is 20.1 Å². The van der Waals surface area contributed by atoms with E-state index >= 15 is 0 Å². The number of hydrogen-bond acceptors (Lipinski definition) is 6. The lowest BCUT2D eigenvalue weighted by Crippen LogP contribution is -2.30. The Morgan fingerprint density at radius 3 is 2.00 bits per heavy atom. The third-order valence-electron chi connectivity index (χ3n) is 5.83. The Balaban J connectivity index is 1.49. The maximum absolute atomic E-state index is 13.3. The molecule has 0 aliphatic carbocycles. The van der Waals surface area contributed by atoms with E-state index in [0.29, 0.717) is 39.6 Å². The maximum Gasteiger partial charge on any atom is 0.272 e. The number of amides is 2. The van der Waals surface area contributed by atoms with Gasteiger partial charge in [0.25, 0.3) is 11.8 Å². The van der Waals surface area contributed by atoms with Gasteiger partial charge in [-0.25, -0.2) is 0 Å². The molecule has 4 aromatic rings. The minimum atomic E-state index is -0.501. The van der Waals surface area contributed by atoms with E-state index in [1.54, 1.807) is 72.8 Å². The molecule has 2 amide bonds. The zero-order chi connectivity index (χ0) is 28.3. The fraction of sp³-hybridized carbons (Fsp3) is 0.0938. The molecule has 8 heteroatoms. The number of thioether (sulfide) groups is 1. The second-order valence-electron chi connectivity index (χ2n) is 8.55. The summed E-state index contributed by atoms with van der Waals surface area (Å²) in [6, 6.07) is 30.1. The zero-order valence-electron chi connectivity index (χ0n) is 22.0. The molecule has 40 heavy (non-hydrogen) atoms. The molecule has 0 aromatic heterocycles. The number of nitrogens with one attached hydrogen (secondary N) is 2. The van der Waals surface area contributed by atoms with Gasteiger partial charge in [0, 0.05) is 21.7 Å². The molecule has 0 unspecified atom stereocenters. The van der Waals surface area contributed by atoms with Crippen LogP contribution in [0.15, 0.2) is 114 Å². The number of carbonyl (C=O) groups excluding carboxylic acids is 3. The van der Waals surface area contributed by atoms with Crippen molar-refractivity contribution >= 4 is 41.1 Å². The number of ether oxygens (including phenoxy) is 2. The van der Waals surface area contributed by atoms with Gasteiger partial charge >= 0.3 is 0 Å². The molecule has 2 N–H and O–H groups in total. The van der Waals surface area contributed by atoms with Crippen molar-refractivity contribution < 1.29 is 23.9 Å². The van der Waals surface area contributed by atoms with Gasteiger partial charge in [-0.1, -0.05) is 54.6 Å². The van der Waals surface area contributed by atoms with Crippen LogP contribution < -0.4 is 20.1 Å². The summed E-state index contributed by atoms with van der Waals surface area (Å²) in [5, 5.41) is 5.56. The molecule has 0 atom stereocenters. The van der Waals surface area contributed by atoms with Crippen molar-refractivity contribution in [2.24, 2.45) is 0 Å². The lowest BCUT2D eigenvalue weighted by molar-refractivity contribution is -0.113. The Morgan fingerprint density at radius 1 is 0.750 bits per heavy atom. The van der Waals surface area contributed by atoms with Gasteiger partial charge in [-0.2, -0.15) is 0 Å². The number of hydrogen-bond donors (Lipinski definition) is 2. The van der Waals surface area contributed by atoms with Crippen LogP contribution in [0.2, 0.25) is 0 Å². The molecule has 0 heterocycles. The number of benzene rings is 4. The number of anilines is 1. The largest absolute Gasteiger partial charge is 0.493 e. The molecule has 0 radical (unpaired) electrons. The van der Waals surface area contributed by atoms with E-state index in [-0.39, 0.29) is 11.5 Å². The molecule has 202 valence electrons. The van der Waals surface area contributed by atoms with Crippen molar-refractivity contribution in [3.05, 3.63) is 126 Å². The quantitative estimate of drug-likeness (QED) is 0.133. The monoisotopic (exact) mass is 552 g/mol. The molecule has 0 aliphatic heterocycles. The Bertz CT molecular complexity index is 1500. The summed E-state index contributed by atoms with van der Waals surface area (Å²) in [5.74, 6) is 0.462. The number of methoxy groups -OCH3 is 2. The Morgan fingerprint density at radius 2 is 1.38 bits per heavy atom. The lowest BCUT2D eigenvalue weighted by atomic mass is 10.1. The Hall–Kier alpha value is -4.82. The van der Waals surface area contributed by atoms with E-state index in [9.17, 15) is 14.4 Å². The van der Waals surface area contributed by atoms with Crippen molar-refractivity contribution in [3.8, 4) is 11.5 Å². The Kier molecular flexibility index (Phi) is 9.74. The SMILES string of the molecule is COc1ccc(/C=C(\NC(=O)c2ccccc2)C(=O)Nc2ccc(SCC(=O)c3ccccc3)cc2)cc1OC.